The van der Waals surface area contributed by atoms with Crippen LogP contribution in [-0.4, -0.2) is 11.5 Å². The van der Waals surface area contributed by atoms with E-state index in [4.69, 9.17) is 0 Å². The van der Waals surface area contributed by atoms with E-state index in [0.717, 1.165) is 24.0 Å². The maximum Gasteiger partial charge on any atom is 0.0500 e. The molecule has 2 rings (SSSR count). The van der Waals surface area contributed by atoms with Gasteiger partial charge in [0, 0.05) is 33.9 Å². The number of hydrogen-bond acceptors (Lipinski definition) is 3. The second kappa shape index (κ2) is 6.28. The molecule has 0 atom stereocenters. The van der Waals surface area contributed by atoms with Crippen molar-refractivity contribution in [2.45, 2.75) is 19.9 Å². The number of nitrogens with zero attached hydrogens (tertiary/aromatic N) is 1. The van der Waals surface area contributed by atoms with E-state index in [2.05, 4.69) is 50.7 Å². The Morgan fingerprint density at radius 1 is 1.41 bits per heavy atom. The van der Waals surface area contributed by atoms with Crippen LogP contribution in [-0.2, 0) is 6.54 Å². The summed E-state index contributed by atoms with van der Waals surface area (Å²) in [6.07, 6.45) is 5.00. The lowest BCUT2D eigenvalue weighted by Crippen LogP contribution is -2.13. The van der Waals surface area contributed by atoms with Crippen LogP contribution in [0.3, 0.4) is 0 Å². The highest BCUT2D eigenvalue weighted by Gasteiger charge is 2.05. The molecule has 90 valence electrons. The van der Waals surface area contributed by atoms with Crippen molar-refractivity contribution < 1.29 is 0 Å². The first kappa shape index (κ1) is 12.7. The minimum absolute atomic E-state index is 0.887. The fourth-order valence-electron chi connectivity index (χ4n) is 1.62. The highest BCUT2D eigenvalue weighted by Crippen LogP contribution is 2.33. The van der Waals surface area contributed by atoms with Gasteiger partial charge in [-0.2, -0.15) is 0 Å². The van der Waals surface area contributed by atoms with Crippen molar-refractivity contribution in [2.24, 2.45) is 0 Å². The van der Waals surface area contributed by atoms with Gasteiger partial charge < -0.3 is 5.32 Å². The van der Waals surface area contributed by atoms with Crippen LogP contribution in [0.1, 0.15) is 18.9 Å². The Labute approximate surface area is 114 Å². The predicted octanol–water partition coefficient (Wildman–Crippen LogP) is 4.07. The van der Waals surface area contributed by atoms with Crippen molar-refractivity contribution in [3.8, 4) is 10.4 Å². The van der Waals surface area contributed by atoms with Gasteiger partial charge in [-0.15, -0.1) is 11.3 Å². The van der Waals surface area contributed by atoms with Crippen LogP contribution in [0, 0.1) is 0 Å². The van der Waals surface area contributed by atoms with Gasteiger partial charge >= 0.3 is 0 Å². The lowest BCUT2D eigenvalue weighted by Gasteiger charge is -2.05. The fraction of sp³-hybridized carbons (Fsp3) is 0.308. The van der Waals surface area contributed by atoms with E-state index in [-0.39, 0.29) is 0 Å². The molecular formula is C13H15BrN2S. The lowest BCUT2D eigenvalue weighted by molar-refractivity contribution is 0.674. The minimum Gasteiger partial charge on any atom is -0.313 e. The van der Waals surface area contributed by atoms with E-state index in [1.54, 1.807) is 11.3 Å². The number of nitrogens with one attached hydrogen (secondary N) is 1. The monoisotopic (exact) mass is 310 g/mol. The van der Waals surface area contributed by atoms with Crippen molar-refractivity contribution in [2.75, 3.05) is 6.54 Å². The minimum atomic E-state index is 0.887. The molecule has 0 aliphatic heterocycles. The highest BCUT2D eigenvalue weighted by atomic mass is 79.9. The molecule has 1 N–H and O–H groups in total. The number of aromatic nitrogens is 1. The summed E-state index contributed by atoms with van der Waals surface area (Å²) in [4.78, 5) is 5.55. The predicted molar refractivity (Wildman–Crippen MR) is 77.2 cm³/mol. The molecule has 0 aliphatic rings. The lowest BCUT2D eigenvalue weighted by atomic mass is 10.2. The molecule has 4 heteroatoms. The molecule has 0 aromatic carbocycles. The molecule has 0 spiro atoms. The second-order valence-electron chi connectivity index (χ2n) is 3.86. The molecule has 0 saturated carbocycles. The first-order valence-electron chi connectivity index (χ1n) is 5.69. The summed E-state index contributed by atoms with van der Waals surface area (Å²) in [5.41, 5.74) is 2.42. The van der Waals surface area contributed by atoms with E-state index in [1.165, 1.54) is 16.0 Å². The highest BCUT2D eigenvalue weighted by molar-refractivity contribution is 9.10. The molecule has 0 radical (unpaired) electrons. The van der Waals surface area contributed by atoms with Crippen LogP contribution in [0.15, 0.2) is 34.4 Å². The SMILES string of the molecule is CCCNCc1cncc(-c2sccc2Br)c1. The molecule has 2 aromatic heterocycles. The standard InChI is InChI=1S/C13H15BrN2S/c1-2-4-15-7-10-6-11(9-16-8-10)13-12(14)3-5-17-13/h3,5-6,8-9,15H,2,4,7H2,1H3. The zero-order chi connectivity index (χ0) is 12.1. The largest absolute Gasteiger partial charge is 0.313 e. The van der Waals surface area contributed by atoms with Crippen molar-refractivity contribution >= 4 is 27.3 Å². The summed E-state index contributed by atoms with van der Waals surface area (Å²) >= 11 is 5.29. The quantitative estimate of drug-likeness (QED) is 0.842. The Bertz CT molecular complexity index is 482. The van der Waals surface area contributed by atoms with Gasteiger partial charge in [-0.3, -0.25) is 4.98 Å². The summed E-state index contributed by atoms with van der Waals surface area (Å²) in [7, 11) is 0. The zero-order valence-electron chi connectivity index (χ0n) is 9.74. The average Bonchev–Trinajstić information content (AvgIpc) is 2.76. The van der Waals surface area contributed by atoms with E-state index >= 15 is 0 Å². The molecule has 0 saturated heterocycles. The van der Waals surface area contributed by atoms with Gasteiger partial charge in [-0.1, -0.05) is 6.92 Å². The Morgan fingerprint density at radius 3 is 3.00 bits per heavy atom. The van der Waals surface area contributed by atoms with Gasteiger partial charge in [-0.05, 0) is 52.0 Å². The van der Waals surface area contributed by atoms with E-state index in [9.17, 15) is 0 Å². The van der Waals surface area contributed by atoms with E-state index in [1.807, 2.05) is 12.4 Å². The van der Waals surface area contributed by atoms with E-state index in [0.29, 0.717) is 0 Å². The maximum absolute atomic E-state index is 4.31. The fourth-order valence-corrected chi connectivity index (χ4v) is 3.20. The summed E-state index contributed by atoms with van der Waals surface area (Å²) in [6, 6.07) is 4.27. The van der Waals surface area contributed by atoms with Crippen molar-refractivity contribution in [3.63, 3.8) is 0 Å². The molecule has 0 bridgehead atoms. The summed E-state index contributed by atoms with van der Waals surface area (Å²) in [5.74, 6) is 0. The Kier molecular flexibility index (Phi) is 4.71. The van der Waals surface area contributed by atoms with Crippen LogP contribution in [0.5, 0.6) is 0 Å². The molecule has 0 unspecified atom stereocenters. The maximum atomic E-state index is 4.31. The normalized spacial score (nSPS) is 10.7. The van der Waals surface area contributed by atoms with Gasteiger partial charge in [-0.25, -0.2) is 0 Å². The van der Waals surface area contributed by atoms with Crippen LogP contribution in [0.4, 0.5) is 0 Å². The summed E-state index contributed by atoms with van der Waals surface area (Å²) in [6.45, 7) is 4.11. The Morgan fingerprint density at radius 2 is 2.29 bits per heavy atom. The molecule has 0 fully saturated rings. The van der Waals surface area contributed by atoms with Crippen molar-refractivity contribution in [3.05, 3.63) is 39.9 Å². The van der Waals surface area contributed by atoms with Gasteiger partial charge in [0.05, 0.1) is 0 Å². The third kappa shape index (κ3) is 3.37. The first-order valence-corrected chi connectivity index (χ1v) is 7.36. The number of hydrogen-bond donors (Lipinski definition) is 1. The smallest absolute Gasteiger partial charge is 0.0500 e. The number of rotatable bonds is 5. The van der Waals surface area contributed by atoms with Gasteiger partial charge in [0.15, 0.2) is 0 Å². The van der Waals surface area contributed by atoms with Crippen molar-refractivity contribution in [1.82, 2.24) is 10.3 Å². The molecule has 2 nitrogen and oxygen atoms in total. The van der Waals surface area contributed by atoms with E-state index < -0.39 is 0 Å². The Hall–Kier alpha value is -0.710. The molecular weight excluding hydrogens is 296 g/mol. The summed E-state index contributed by atoms with van der Waals surface area (Å²) < 4.78 is 1.14. The molecule has 17 heavy (non-hydrogen) atoms. The molecule has 0 amide bonds. The van der Waals surface area contributed by atoms with Crippen molar-refractivity contribution in [1.29, 1.82) is 0 Å². The topological polar surface area (TPSA) is 24.9 Å². The average molecular weight is 311 g/mol. The molecule has 0 aliphatic carbocycles. The van der Waals surface area contributed by atoms with Crippen LogP contribution < -0.4 is 5.32 Å². The molecule has 2 heterocycles. The third-order valence-electron chi connectivity index (χ3n) is 2.43. The third-order valence-corrected chi connectivity index (χ3v) is 4.32. The van der Waals surface area contributed by atoms with Crippen LogP contribution in [0.25, 0.3) is 10.4 Å². The Balaban J connectivity index is 2.14. The van der Waals surface area contributed by atoms with Crippen LogP contribution in [0.2, 0.25) is 0 Å². The summed E-state index contributed by atoms with van der Waals surface area (Å²) in [5, 5.41) is 5.47. The number of halogens is 1. The van der Waals surface area contributed by atoms with Gasteiger partial charge in [0.2, 0.25) is 0 Å². The molecule has 2 aromatic rings. The second-order valence-corrected chi connectivity index (χ2v) is 5.63. The van der Waals surface area contributed by atoms with Gasteiger partial charge in [0.1, 0.15) is 0 Å². The first-order chi connectivity index (χ1) is 8.31. The number of thiophene rings is 1. The van der Waals surface area contributed by atoms with Gasteiger partial charge in [0.25, 0.3) is 0 Å². The van der Waals surface area contributed by atoms with Crippen LogP contribution >= 0.6 is 27.3 Å². The number of pyridine rings is 1. The zero-order valence-corrected chi connectivity index (χ0v) is 12.1.